The largest absolute Gasteiger partial charge is 0.342 e. The molecule has 0 aromatic rings. The van der Waals surface area contributed by atoms with Crippen molar-refractivity contribution >= 4 is 17.7 Å². The fourth-order valence-corrected chi connectivity index (χ4v) is 4.32. The third kappa shape index (κ3) is 2.79. The first-order valence-electron chi connectivity index (χ1n) is 6.66. The normalized spacial score (nSPS) is 24.8. The van der Waals surface area contributed by atoms with E-state index in [9.17, 15) is 4.79 Å². The summed E-state index contributed by atoms with van der Waals surface area (Å²) in [5.41, 5.74) is 0. The molecule has 2 saturated heterocycles. The van der Waals surface area contributed by atoms with Crippen LogP contribution < -0.4 is 0 Å². The standard InChI is InChI=1S/C13H24N2OS/c1-11(2)10-12(16)15-6-4-13(5-7-15)14(3)8-9-17-13/h11H,4-10H2,1-3H3. The van der Waals surface area contributed by atoms with Gasteiger partial charge in [0.15, 0.2) is 0 Å². The zero-order valence-corrected chi connectivity index (χ0v) is 12.1. The summed E-state index contributed by atoms with van der Waals surface area (Å²) in [6, 6.07) is 0. The number of likely N-dealkylation sites (tertiary alicyclic amines) is 1. The number of hydrogen-bond donors (Lipinski definition) is 0. The van der Waals surface area contributed by atoms with Crippen LogP contribution in [0, 0.1) is 5.92 Å². The number of thioether (sulfide) groups is 1. The van der Waals surface area contributed by atoms with Gasteiger partial charge in [0.25, 0.3) is 0 Å². The molecule has 1 spiro atoms. The van der Waals surface area contributed by atoms with Gasteiger partial charge in [-0.3, -0.25) is 9.69 Å². The fraction of sp³-hybridized carbons (Fsp3) is 0.923. The molecule has 0 aliphatic carbocycles. The first-order valence-corrected chi connectivity index (χ1v) is 7.65. The van der Waals surface area contributed by atoms with E-state index in [-0.39, 0.29) is 0 Å². The lowest BCUT2D eigenvalue weighted by atomic mass is 10.0. The van der Waals surface area contributed by atoms with Crippen LogP contribution in [0.25, 0.3) is 0 Å². The van der Waals surface area contributed by atoms with Crippen LogP contribution in [0.2, 0.25) is 0 Å². The highest BCUT2D eigenvalue weighted by molar-refractivity contribution is 8.00. The van der Waals surface area contributed by atoms with Crippen LogP contribution in [0.15, 0.2) is 0 Å². The van der Waals surface area contributed by atoms with E-state index in [2.05, 4.69) is 42.5 Å². The maximum atomic E-state index is 12.0. The minimum Gasteiger partial charge on any atom is -0.342 e. The summed E-state index contributed by atoms with van der Waals surface area (Å²) in [5.74, 6) is 2.07. The van der Waals surface area contributed by atoms with Gasteiger partial charge in [-0.15, -0.1) is 11.8 Å². The Bertz CT molecular complexity index is 285. The molecule has 4 heteroatoms. The molecule has 0 saturated carbocycles. The van der Waals surface area contributed by atoms with Crippen molar-refractivity contribution < 1.29 is 4.79 Å². The summed E-state index contributed by atoms with van der Waals surface area (Å²) in [5, 5.41) is 0. The number of nitrogens with zero attached hydrogens (tertiary/aromatic N) is 2. The van der Waals surface area contributed by atoms with E-state index in [0.29, 0.717) is 23.1 Å². The molecule has 2 fully saturated rings. The average molecular weight is 256 g/mol. The highest BCUT2D eigenvalue weighted by atomic mass is 32.2. The van der Waals surface area contributed by atoms with Crippen LogP contribution in [0.4, 0.5) is 0 Å². The van der Waals surface area contributed by atoms with Gasteiger partial charge in [0.1, 0.15) is 0 Å². The van der Waals surface area contributed by atoms with Crippen molar-refractivity contribution in [2.75, 3.05) is 32.4 Å². The zero-order chi connectivity index (χ0) is 12.5. The third-order valence-corrected chi connectivity index (χ3v) is 5.62. The van der Waals surface area contributed by atoms with Gasteiger partial charge in [0.05, 0.1) is 4.87 Å². The molecular formula is C13H24N2OS. The lowest BCUT2D eigenvalue weighted by molar-refractivity contribution is -0.133. The summed E-state index contributed by atoms with van der Waals surface area (Å²) < 4.78 is 0. The van der Waals surface area contributed by atoms with E-state index >= 15 is 0 Å². The molecular weight excluding hydrogens is 232 g/mol. The Kier molecular flexibility index (Phi) is 4.03. The van der Waals surface area contributed by atoms with Gasteiger partial charge in [0, 0.05) is 31.8 Å². The van der Waals surface area contributed by atoms with Crippen LogP contribution in [-0.2, 0) is 4.79 Å². The first-order chi connectivity index (χ1) is 8.03. The maximum Gasteiger partial charge on any atom is 0.222 e. The Morgan fingerprint density at radius 2 is 1.94 bits per heavy atom. The van der Waals surface area contributed by atoms with Gasteiger partial charge in [-0.05, 0) is 25.8 Å². The van der Waals surface area contributed by atoms with E-state index in [1.54, 1.807) is 0 Å². The number of carbonyl (C=O) groups excluding carboxylic acids is 1. The predicted molar refractivity (Wildman–Crippen MR) is 73.1 cm³/mol. The Balaban J connectivity index is 1.87. The summed E-state index contributed by atoms with van der Waals surface area (Å²) >= 11 is 2.09. The molecule has 2 heterocycles. The SMILES string of the molecule is CC(C)CC(=O)N1CCC2(CC1)SCCN2C. The molecule has 0 N–H and O–H groups in total. The highest BCUT2D eigenvalue weighted by Gasteiger charge is 2.42. The molecule has 3 nitrogen and oxygen atoms in total. The monoisotopic (exact) mass is 256 g/mol. The quantitative estimate of drug-likeness (QED) is 0.755. The van der Waals surface area contributed by atoms with E-state index in [1.165, 1.54) is 12.3 Å². The van der Waals surface area contributed by atoms with Gasteiger partial charge < -0.3 is 4.90 Å². The second kappa shape index (κ2) is 5.19. The molecule has 0 aromatic carbocycles. The van der Waals surface area contributed by atoms with Crippen molar-refractivity contribution in [2.45, 2.75) is 38.0 Å². The third-order valence-electron chi connectivity index (χ3n) is 3.97. The van der Waals surface area contributed by atoms with Crippen LogP contribution in [0.3, 0.4) is 0 Å². The summed E-state index contributed by atoms with van der Waals surface area (Å²) in [6.07, 6.45) is 2.98. The second-order valence-corrected chi connectivity index (χ2v) is 7.15. The number of carbonyl (C=O) groups is 1. The molecule has 17 heavy (non-hydrogen) atoms. The summed E-state index contributed by atoms with van der Waals surface area (Å²) in [7, 11) is 2.23. The molecule has 0 unspecified atom stereocenters. The number of piperidine rings is 1. The first kappa shape index (κ1) is 13.2. The molecule has 0 radical (unpaired) electrons. The Hall–Kier alpha value is -0.220. The Morgan fingerprint density at radius 1 is 1.29 bits per heavy atom. The van der Waals surface area contributed by atoms with E-state index in [4.69, 9.17) is 0 Å². The maximum absolute atomic E-state index is 12.0. The Labute approximate surface area is 109 Å². The molecule has 98 valence electrons. The smallest absolute Gasteiger partial charge is 0.222 e. The van der Waals surface area contributed by atoms with E-state index in [1.807, 2.05) is 0 Å². The Morgan fingerprint density at radius 3 is 2.41 bits per heavy atom. The van der Waals surface area contributed by atoms with Crippen molar-refractivity contribution in [1.82, 2.24) is 9.80 Å². The van der Waals surface area contributed by atoms with Crippen LogP contribution in [0.5, 0.6) is 0 Å². The highest BCUT2D eigenvalue weighted by Crippen LogP contribution is 2.42. The molecule has 0 bridgehead atoms. The zero-order valence-electron chi connectivity index (χ0n) is 11.2. The topological polar surface area (TPSA) is 23.6 Å². The van der Waals surface area contributed by atoms with Gasteiger partial charge in [0.2, 0.25) is 5.91 Å². The van der Waals surface area contributed by atoms with Crippen molar-refractivity contribution in [3.8, 4) is 0 Å². The van der Waals surface area contributed by atoms with Crippen molar-refractivity contribution in [3.63, 3.8) is 0 Å². The number of rotatable bonds is 2. The second-order valence-electron chi connectivity index (χ2n) is 5.69. The molecule has 1 amide bonds. The summed E-state index contributed by atoms with van der Waals surface area (Å²) in [6.45, 7) is 7.32. The van der Waals surface area contributed by atoms with Gasteiger partial charge in [-0.2, -0.15) is 0 Å². The van der Waals surface area contributed by atoms with Crippen molar-refractivity contribution in [1.29, 1.82) is 0 Å². The number of hydrogen-bond acceptors (Lipinski definition) is 3. The van der Waals surface area contributed by atoms with E-state index < -0.39 is 0 Å². The van der Waals surface area contributed by atoms with Crippen LogP contribution in [0.1, 0.15) is 33.1 Å². The van der Waals surface area contributed by atoms with Gasteiger partial charge >= 0.3 is 0 Å². The van der Waals surface area contributed by atoms with E-state index in [0.717, 1.165) is 25.9 Å². The summed E-state index contributed by atoms with van der Waals surface area (Å²) in [4.78, 5) is 16.9. The van der Waals surface area contributed by atoms with Crippen molar-refractivity contribution in [3.05, 3.63) is 0 Å². The minimum atomic E-state index is 0.342. The van der Waals surface area contributed by atoms with Crippen molar-refractivity contribution in [2.24, 2.45) is 5.92 Å². The molecule has 0 atom stereocenters. The minimum absolute atomic E-state index is 0.342. The molecule has 2 rings (SSSR count). The molecule has 2 aliphatic rings. The van der Waals surface area contributed by atoms with Gasteiger partial charge in [-0.1, -0.05) is 13.8 Å². The molecule has 0 aromatic heterocycles. The van der Waals surface area contributed by atoms with Crippen LogP contribution >= 0.6 is 11.8 Å². The lowest BCUT2D eigenvalue weighted by Crippen LogP contribution is -2.50. The van der Waals surface area contributed by atoms with Crippen LogP contribution in [-0.4, -0.2) is 53.0 Å². The molecule has 2 aliphatic heterocycles. The number of amides is 1. The fourth-order valence-electron chi connectivity index (χ4n) is 2.80. The van der Waals surface area contributed by atoms with Gasteiger partial charge in [-0.25, -0.2) is 0 Å². The average Bonchev–Trinajstić information content (AvgIpc) is 2.60. The predicted octanol–water partition coefficient (Wildman–Crippen LogP) is 2.03. The lowest BCUT2D eigenvalue weighted by Gasteiger charge is -2.43.